The van der Waals surface area contributed by atoms with Gasteiger partial charge in [0.05, 0.1) is 5.56 Å². The molecule has 0 N–H and O–H groups in total. The van der Waals surface area contributed by atoms with E-state index in [0.29, 0.717) is 0 Å². The molecule has 1 heteroatoms. The average molecular weight is 308 g/mol. The summed E-state index contributed by atoms with van der Waals surface area (Å²) in [5, 5.41) is 2.76. The predicted molar refractivity (Wildman–Crippen MR) is 99.7 cm³/mol. The van der Waals surface area contributed by atoms with E-state index in [2.05, 4.69) is 91.5 Å². The first kappa shape index (κ1) is 13.5. The maximum absolute atomic E-state index is 2.38. The largest absolute Gasteiger partial charge is 0.212 e. The van der Waals surface area contributed by atoms with Crippen LogP contribution in [-0.4, -0.2) is 0 Å². The van der Waals surface area contributed by atoms with Gasteiger partial charge < -0.3 is 0 Å². The van der Waals surface area contributed by atoms with Gasteiger partial charge in [0.25, 0.3) is 0 Å². The molecule has 1 heterocycles. The molecule has 3 aromatic carbocycles. The fourth-order valence-corrected chi connectivity index (χ4v) is 4.08. The van der Waals surface area contributed by atoms with E-state index in [1.54, 1.807) is 0 Å². The molecule has 0 spiro atoms. The van der Waals surface area contributed by atoms with Crippen molar-refractivity contribution < 1.29 is 4.57 Å². The second kappa shape index (κ2) is 4.78. The minimum absolute atomic E-state index is 1.25. The number of nitrogens with zero attached hydrogens (tertiary/aromatic N) is 1. The van der Waals surface area contributed by atoms with Crippen LogP contribution in [0.4, 0.5) is 0 Å². The highest BCUT2D eigenvalue weighted by atomic mass is 14.9. The summed E-state index contributed by atoms with van der Waals surface area (Å²) >= 11 is 0. The van der Waals surface area contributed by atoms with Crippen LogP contribution in [0.1, 0.15) is 5.56 Å². The van der Waals surface area contributed by atoms with Crippen LogP contribution in [0.5, 0.6) is 0 Å². The fraction of sp³-hybridized carbons (Fsp3) is 0.0870. The van der Waals surface area contributed by atoms with Crippen LogP contribution < -0.4 is 4.57 Å². The Balaban J connectivity index is 1.95. The lowest BCUT2D eigenvalue weighted by Gasteiger charge is -2.11. The molecular weight excluding hydrogens is 290 g/mol. The summed E-state index contributed by atoms with van der Waals surface area (Å²) in [7, 11) is 2.11. The second-order valence-corrected chi connectivity index (χ2v) is 6.57. The molecular formula is C23H18N+. The molecule has 1 aliphatic carbocycles. The van der Waals surface area contributed by atoms with Crippen LogP contribution in [-0.2, 0) is 7.05 Å². The van der Waals surface area contributed by atoms with Crippen LogP contribution in [0.25, 0.3) is 44.3 Å². The van der Waals surface area contributed by atoms with E-state index in [-0.39, 0.29) is 0 Å². The molecule has 0 atom stereocenters. The van der Waals surface area contributed by atoms with Crippen molar-refractivity contribution in [3.63, 3.8) is 0 Å². The van der Waals surface area contributed by atoms with Gasteiger partial charge in [0.1, 0.15) is 7.05 Å². The second-order valence-electron chi connectivity index (χ2n) is 6.57. The number of aromatic nitrogens is 1. The van der Waals surface area contributed by atoms with E-state index in [1.165, 1.54) is 49.8 Å². The van der Waals surface area contributed by atoms with Crippen molar-refractivity contribution in [1.82, 2.24) is 0 Å². The molecule has 24 heavy (non-hydrogen) atoms. The van der Waals surface area contributed by atoms with Gasteiger partial charge in [-0.2, -0.15) is 0 Å². The first-order chi connectivity index (χ1) is 11.8. The first-order valence-electron chi connectivity index (χ1n) is 8.37. The van der Waals surface area contributed by atoms with Gasteiger partial charge in [-0.1, -0.05) is 42.5 Å². The molecule has 0 amide bonds. The maximum Gasteiger partial charge on any atom is 0.212 e. The van der Waals surface area contributed by atoms with Crippen molar-refractivity contribution in [2.45, 2.75) is 6.92 Å². The summed E-state index contributed by atoms with van der Waals surface area (Å²) in [5.41, 5.74) is 9.35. The third-order valence-corrected chi connectivity index (χ3v) is 5.27. The van der Waals surface area contributed by atoms with Gasteiger partial charge in [-0.05, 0) is 57.6 Å². The van der Waals surface area contributed by atoms with Gasteiger partial charge >= 0.3 is 0 Å². The van der Waals surface area contributed by atoms with Crippen molar-refractivity contribution >= 4 is 10.8 Å². The quantitative estimate of drug-likeness (QED) is 0.371. The molecule has 0 radical (unpaired) electrons. The van der Waals surface area contributed by atoms with Crippen LogP contribution in [0.2, 0.25) is 0 Å². The Hall–Kier alpha value is -2.93. The highest BCUT2D eigenvalue weighted by Gasteiger charge is 2.24. The smallest absolute Gasteiger partial charge is 0.201 e. The minimum Gasteiger partial charge on any atom is -0.201 e. The van der Waals surface area contributed by atoms with Crippen molar-refractivity contribution in [2.75, 3.05) is 0 Å². The lowest BCUT2D eigenvalue weighted by atomic mass is 9.93. The van der Waals surface area contributed by atoms with E-state index in [4.69, 9.17) is 0 Å². The van der Waals surface area contributed by atoms with Crippen molar-refractivity contribution in [3.05, 3.63) is 78.5 Å². The minimum atomic E-state index is 1.25. The van der Waals surface area contributed by atoms with E-state index in [0.717, 1.165) is 0 Å². The molecule has 0 saturated carbocycles. The number of rotatable bonds is 1. The molecule has 4 aromatic rings. The van der Waals surface area contributed by atoms with Gasteiger partial charge in [0.15, 0.2) is 6.20 Å². The first-order valence-corrected chi connectivity index (χ1v) is 8.37. The molecule has 0 bridgehead atoms. The molecule has 0 saturated heterocycles. The SMILES string of the molecule is Cc1c(-c2cccc[n+]2C)cc2c3c(cccc13)-c1ccccc1-2. The van der Waals surface area contributed by atoms with Crippen molar-refractivity contribution in [1.29, 1.82) is 0 Å². The lowest BCUT2D eigenvalue weighted by Crippen LogP contribution is -2.30. The van der Waals surface area contributed by atoms with Crippen LogP contribution in [0.3, 0.4) is 0 Å². The van der Waals surface area contributed by atoms with Crippen molar-refractivity contribution in [3.8, 4) is 33.5 Å². The Kier molecular flexibility index (Phi) is 2.69. The molecule has 114 valence electrons. The summed E-state index contributed by atoms with van der Waals surface area (Å²) in [6.45, 7) is 2.24. The molecule has 0 aliphatic heterocycles. The molecule has 0 fully saturated rings. The Morgan fingerprint density at radius 2 is 1.38 bits per heavy atom. The molecule has 1 nitrogen and oxygen atoms in total. The predicted octanol–water partition coefficient (Wildman–Crippen LogP) is 5.29. The summed E-state index contributed by atoms with van der Waals surface area (Å²) in [4.78, 5) is 0. The Bertz CT molecular complexity index is 1120. The zero-order valence-electron chi connectivity index (χ0n) is 13.9. The van der Waals surface area contributed by atoms with E-state index >= 15 is 0 Å². The normalized spacial score (nSPS) is 11.8. The molecule has 5 rings (SSSR count). The van der Waals surface area contributed by atoms with Gasteiger partial charge in [0, 0.05) is 12.1 Å². The number of benzene rings is 3. The lowest BCUT2D eigenvalue weighted by molar-refractivity contribution is -0.660. The van der Waals surface area contributed by atoms with Crippen LogP contribution >= 0.6 is 0 Å². The zero-order chi connectivity index (χ0) is 16.3. The monoisotopic (exact) mass is 308 g/mol. The Morgan fingerprint density at radius 1 is 0.667 bits per heavy atom. The molecule has 1 aliphatic rings. The third-order valence-electron chi connectivity index (χ3n) is 5.27. The standard InChI is InChI=1S/C23H18N/c1-15-16-10-7-11-19-17-8-3-4-9-18(17)21(23(16)19)14-20(15)22-12-5-6-13-24(22)2/h3-14H,1-2H3/q+1. The van der Waals surface area contributed by atoms with E-state index in [1.807, 2.05) is 0 Å². The van der Waals surface area contributed by atoms with E-state index < -0.39 is 0 Å². The number of pyridine rings is 1. The number of aryl methyl sites for hydroxylation is 2. The van der Waals surface area contributed by atoms with Gasteiger partial charge in [0.2, 0.25) is 5.69 Å². The average Bonchev–Trinajstić information content (AvgIpc) is 2.94. The number of hydrogen-bond acceptors (Lipinski definition) is 0. The zero-order valence-corrected chi connectivity index (χ0v) is 13.9. The highest BCUT2D eigenvalue weighted by molar-refractivity contribution is 6.17. The summed E-state index contributed by atoms with van der Waals surface area (Å²) < 4.78 is 2.20. The molecule has 1 aromatic heterocycles. The Morgan fingerprint density at radius 3 is 2.17 bits per heavy atom. The van der Waals surface area contributed by atoms with Gasteiger partial charge in [-0.25, -0.2) is 4.57 Å². The fourth-order valence-electron chi connectivity index (χ4n) is 4.08. The topological polar surface area (TPSA) is 3.88 Å². The summed E-state index contributed by atoms with van der Waals surface area (Å²) in [6, 6.07) is 24.2. The van der Waals surface area contributed by atoms with Gasteiger partial charge in [-0.3, -0.25) is 0 Å². The van der Waals surface area contributed by atoms with Crippen molar-refractivity contribution in [2.24, 2.45) is 7.05 Å². The molecule has 0 unspecified atom stereocenters. The summed E-state index contributed by atoms with van der Waals surface area (Å²) in [5.74, 6) is 0. The number of hydrogen-bond donors (Lipinski definition) is 0. The Labute approximate surface area is 141 Å². The van der Waals surface area contributed by atoms with Crippen LogP contribution in [0, 0.1) is 6.92 Å². The number of fused-ring (bicyclic) bond motifs is 3. The van der Waals surface area contributed by atoms with Gasteiger partial charge in [-0.15, -0.1) is 0 Å². The highest BCUT2D eigenvalue weighted by Crippen LogP contribution is 2.49. The summed E-state index contributed by atoms with van der Waals surface area (Å²) in [6.07, 6.45) is 2.11. The third kappa shape index (κ3) is 1.67. The van der Waals surface area contributed by atoms with Crippen LogP contribution in [0.15, 0.2) is 72.9 Å². The van der Waals surface area contributed by atoms with E-state index in [9.17, 15) is 0 Å². The maximum atomic E-state index is 2.38.